The normalized spacial score (nSPS) is 22.7. The van der Waals surface area contributed by atoms with Crippen LogP contribution in [0.5, 0.6) is 0 Å². The Balaban J connectivity index is 2.28. The lowest BCUT2D eigenvalue weighted by Gasteiger charge is -2.36. The minimum atomic E-state index is -0.690. The highest BCUT2D eigenvalue weighted by atomic mass is 32.1. The Hall–Kier alpha value is -1.42. The van der Waals surface area contributed by atoms with E-state index >= 15 is 0 Å². The van der Waals surface area contributed by atoms with E-state index in [1.807, 2.05) is 37.3 Å². The van der Waals surface area contributed by atoms with E-state index in [1.54, 1.807) is 0 Å². The van der Waals surface area contributed by atoms with E-state index in [2.05, 4.69) is 5.32 Å². The summed E-state index contributed by atoms with van der Waals surface area (Å²) in [5, 5.41) is 3.16. The van der Waals surface area contributed by atoms with Gasteiger partial charge in [-0.15, -0.1) is 0 Å². The fourth-order valence-corrected chi connectivity index (χ4v) is 2.88. The van der Waals surface area contributed by atoms with Crippen molar-refractivity contribution in [1.82, 2.24) is 5.32 Å². The number of piperidine rings is 1. The van der Waals surface area contributed by atoms with Crippen LogP contribution < -0.4 is 5.32 Å². The number of esters is 1. The van der Waals surface area contributed by atoms with Crippen LogP contribution in [0.2, 0.25) is 0 Å². The number of carbonyl (C=O) groups excluding carboxylic acids is 1. The summed E-state index contributed by atoms with van der Waals surface area (Å²) >= 11 is 5.42. The lowest BCUT2D eigenvalue weighted by atomic mass is 9.75. The quantitative estimate of drug-likeness (QED) is 0.678. The van der Waals surface area contributed by atoms with Gasteiger partial charge in [0.2, 0.25) is 0 Å². The molecule has 102 valence electrons. The molecule has 1 atom stereocenters. The van der Waals surface area contributed by atoms with Crippen molar-refractivity contribution in [3.8, 4) is 0 Å². The van der Waals surface area contributed by atoms with Gasteiger partial charge in [0.25, 0.3) is 0 Å². The third kappa shape index (κ3) is 2.95. The van der Waals surface area contributed by atoms with Gasteiger partial charge in [-0.05, 0) is 31.7 Å². The van der Waals surface area contributed by atoms with E-state index in [4.69, 9.17) is 17.0 Å². The second-order valence-electron chi connectivity index (χ2n) is 4.82. The van der Waals surface area contributed by atoms with Gasteiger partial charge in [-0.25, -0.2) is 0 Å². The average molecular weight is 277 g/mol. The Kier molecular flexibility index (Phi) is 4.53. The molecule has 0 radical (unpaired) electrons. The second kappa shape index (κ2) is 6.15. The Bertz CT molecular complexity index is 460. The Labute approximate surface area is 119 Å². The van der Waals surface area contributed by atoms with Crippen LogP contribution in [0.15, 0.2) is 30.3 Å². The van der Waals surface area contributed by atoms with Gasteiger partial charge in [0.15, 0.2) is 0 Å². The molecule has 1 N–H and O–H groups in total. The monoisotopic (exact) mass is 277 g/mol. The summed E-state index contributed by atoms with van der Waals surface area (Å²) in [6, 6.07) is 9.98. The molecule has 3 nitrogen and oxygen atoms in total. The second-order valence-corrected chi connectivity index (χ2v) is 5.23. The van der Waals surface area contributed by atoms with Crippen LogP contribution in [0, 0.1) is 5.41 Å². The lowest BCUT2D eigenvalue weighted by Crippen LogP contribution is -2.51. The number of rotatable bonds is 4. The van der Waals surface area contributed by atoms with Crippen LogP contribution in [0.1, 0.15) is 25.3 Å². The van der Waals surface area contributed by atoms with Crippen LogP contribution in [0.25, 0.3) is 0 Å². The highest BCUT2D eigenvalue weighted by Crippen LogP contribution is 2.34. The SMILES string of the molecule is CCOC(=O)[C@]1(Cc2ccccc2)CCCNC1=S. The van der Waals surface area contributed by atoms with Gasteiger partial charge >= 0.3 is 5.97 Å². The summed E-state index contributed by atoms with van der Waals surface area (Å²) in [6.45, 7) is 3.06. The molecule has 1 aromatic carbocycles. The number of hydrogen-bond acceptors (Lipinski definition) is 3. The predicted molar refractivity (Wildman–Crippen MR) is 79.0 cm³/mol. The molecule has 1 saturated heterocycles. The van der Waals surface area contributed by atoms with Gasteiger partial charge in [0.05, 0.1) is 11.6 Å². The number of thiocarbonyl (C=S) groups is 1. The van der Waals surface area contributed by atoms with Crippen molar-refractivity contribution in [2.75, 3.05) is 13.2 Å². The highest BCUT2D eigenvalue weighted by molar-refractivity contribution is 7.80. The van der Waals surface area contributed by atoms with E-state index in [9.17, 15) is 4.79 Å². The van der Waals surface area contributed by atoms with Crippen LogP contribution in [-0.2, 0) is 16.0 Å². The van der Waals surface area contributed by atoms with Gasteiger partial charge in [0.1, 0.15) is 5.41 Å². The first-order valence-electron chi connectivity index (χ1n) is 6.68. The Morgan fingerprint density at radius 2 is 2.16 bits per heavy atom. The summed E-state index contributed by atoms with van der Waals surface area (Å²) in [7, 11) is 0. The number of nitrogens with one attached hydrogen (secondary N) is 1. The molecular formula is C15H19NO2S. The largest absolute Gasteiger partial charge is 0.465 e. The van der Waals surface area contributed by atoms with Gasteiger partial charge in [-0.3, -0.25) is 4.79 Å². The van der Waals surface area contributed by atoms with Crippen molar-refractivity contribution in [3.05, 3.63) is 35.9 Å². The van der Waals surface area contributed by atoms with E-state index in [-0.39, 0.29) is 5.97 Å². The summed E-state index contributed by atoms with van der Waals surface area (Å²) in [5.41, 5.74) is 0.423. The van der Waals surface area contributed by atoms with Crippen LogP contribution in [0.4, 0.5) is 0 Å². The molecule has 1 aliphatic rings. The standard InChI is InChI=1S/C15H19NO2S/c1-2-18-14(17)15(9-6-10-16-13(15)19)11-12-7-4-3-5-8-12/h3-5,7-8H,2,6,9-11H2,1H3,(H,16,19)/t15-/m0/s1. The zero-order chi connectivity index (χ0) is 13.7. The van der Waals surface area contributed by atoms with Crippen molar-refractivity contribution >= 4 is 23.2 Å². The summed E-state index contributed by atoms with van der Waals surface area (Å²) < 4.78 is 5.26. The fraction of sp³-hybridized carbons (Fsp3) is 0.467. The fourth-order valence-electron chi connectivity index (χ4n) is 2.52. The molecule has 1 aliphatic heterocycles. The van der Waals surface area contributed by atoms with E-state index in [0.717, 1.165) is 24.9 Å². The Morgan fingerprint density at radius 3 is 2.79 bits per heavy atom. The number of ether oxygens (including phenoxy) is 1. The molecule has 1 fully saturated rings. The minimum absolute atomic E-state index is 0.198. The first kappa shape index (κ1) is 14.0. The number of carbonyl (C=O) groups is 1. The minimum Gasteiger partial charge on any atom is -0.465 e. The first-order chi connectivity index (χ1) is 9.19. The lowest BCUT2D eigenvalue weighted by molar-refractivity contribution is -0.151. The molecular weight excluding hydrogens is 258 g/mol. The van der Waals surface area contributed by atoms with E-state index < -0.39 is 5.41 Å². The predicted octanol–water partition coefficient (Wildman–Crippen LogP) is 2.49. The van der Waals surface area contributed by atoms with E-state index in [1.165, 1.54) is 0 Å². The molecule has 19 heavy (non-hydrogen) atoms. The van der Waals surface area contributed by atoms with Crippen molar-refractivity contribution in [3.63, 3.8) is 0 Å². The maximum Gasteiger partial charge on any atom is 0.319 e. The van der Waals surface area contributed by atoms with Crippen LogP contribution >= 0.6 is 12.2 Å². The molecule has 0 aromatic heterocycles. The molecule has 0 aliphatic carbocycles. The van der Waals surface area contributed by atoms with E-state index in [0.29, 0.717) is 18.0 Å². The van der Waals surface area contributed by atoms with Gasteiger partial charge in [-0.2, -0.15) is 0 Å². The molecule has 0 saturated carbocycles. The summed E-state index contributed by atoms with van der Waals surface area (Å²) in [5.74, 6) is -0.198. The number of benzene rings is 1. The van der Waals surface area contributed by atoms with Gasteiger partial charge < -0.3 is 10.1 Å². The molecule has 0 amide bonds. The maximum atomic E-state index is 12.4. The third-order valence-corrected chi connectivity index (χ3v) is 4.05. The first-order valence-corrected chi connectivity index (χ1v) is 7.09. The van der Waals surface area contributed by atoms with Crippen molar-refractivity contribution < 1.29 is 9.53 Å². The zero-order valence-electron chi connectivity index (χ0n) is 11.1. The third-order valence-electron chi connectivity index (χ3n) is 3.52. The smallest absolute Gasteiger partial charge is 0.319 e. The van der Waals surface area contributed by atoms with Crippen LogP contribution in [0.3, 0.4) is 0 Å². The Morgan fingerprint density at radius 1 is 1.42 bits per heavy atom. The topological polar surface area (TPSA) is 38.3 Å². The zero-order valence-corrected chi connectivity index (χ0v) is 12.0. The summed E-state index contributed by atoms with van der Waals surface area (Å²) in [4.78, 5) is 13.0. The molecule has 0 bridgehead atoms. The van der Waals surface area contributed by atoms with Gasteiger partial charge in [0, 0.05) is 6.54 Å². The molecule has 0 spiro atoms. The van der Waals surface area contributed by atoms with Crippen molar-refractivity contribution in [1.29, 1.82) is 0 Å². The molecule has 1 aromatic rings. The van der Waals surface area contributed by atoms with Crippen molar-refractivity contribution in [2.24, 2.45) is 5.41 Å². The molecule has 2 rings (SSSR count). The summed E-state index contributed by atoms with van der Waals surface area (Å²) in [6.07, 6.45) is 2.30. The molecule has 0 unspecified atom stereocenters. The average Bonchev–Trinajstić information content (AvgIpc) is 2.43. The molecule has 4 heteroatoms. The van der Waals surface area contributed by atoms with Crippen molar-refractivity contribution in [2.45, 2.75) is 26.2 Å². The highest BCUT2D eigenvalue weighted by Gasteiger charge is 2.45. The number of hydrogen-bond donors (Lipinski definition) is 1. The van der Waals surface area contributed by atoms with Gasteiger partial charge in [-0.1, -0.05) is 42.5 Å². The maximum absolute atomic E-state index is 12.4. The van der Waals surface area contributed by atoms with Crippen LogP contribution in [-0.4, -0.2) is 24.1 Å². The molecule has 1 heterocycles.